The Morgan fingerprint density at radius 1 is 1.13 bits per heavy atom. The molecule has 0 saturated carbocycles. The summed E-state index contributed by atoms with van der Waals surface area (Å²) in [6.07, 6.45) is 0. The van der Waals surface area contributed by atoms with Crippen LogP contribution in [0.1, 0.15) is 17.3 Å². The minimum atomic E-state index is -0.464. The molecule has 1 aromatic heterocycles. The van der Waals surface area contributed by atoms with Gasteiger partial charge in [-0.3, -0.25) is 9.59 Å². The summed E-state index contributed by atoms with van der Waals surface area (Å²) < 4.78 is 1.58. The Morgan fingerprint density at radius 2 is 1.83 bits per heavy atom. The van der Waals surface area contributed by atoms with Gasteiger partial charge in [0.15, 0.2) is 0 Å². The summed E-state index contributed by atoms with van der Waals surface area (Å²) in [5, 5.41) is 12.8. The zero-order valence-electron chi connectivity index (χ0n) is 12.6. The predicted octanol–water partition coefficient (Wildman–Crippen LogP) is 2.98. The fourth-order valence-electron chi connectivity index (χ4n) is 2.55. The first-order chi connectivity index (χ1) is 11.1. The topological polar surface area (TPSA) is 71.3 Å². The van der Waals surface area contributed by atoms with Gasteiger partial charge in [0.2, 0.25) is 0 Å². The van der Waals surface area contributed by atoms with Crippen LogP contribution in [0.15, 0.2) is 59.4 Å². The number of phenolic OH excluding ortho intramolecular Hbond substituents is 1. The van der Waals surface area contributed by atoms with Crippen LogP contribution in [0.4, 0.5) is 5.69 Å². The number of aromatic nitrogens is 1. The molecule has 0 atom stereocenters. The lowest BCUT2D eigenvalue weighted by atomic mass is 10.1. The van der Waals surface area contributed by atoms with Gasteiger partial charge in [-0.05, 0) is 48.7 Å². The number of nitrogens with zero attached hydrogens (tertiary/aromatic N) is 1. The highest BCUT2D eigenvalue weighted by molar-refractivity contribution is 6.05. The molecule has 3 rings (SSSR count). The van der Waals surface area contributed by atoms with Crippen molar-refractivity contribution in [2.45, 2.75) is 13.5 Å². The number of benzene rings is 2. The number of amides is 1. The molecule has 3 aromatic rings. The van der Waals surface area contributed by atoms with Crippen LogP contribution in [-0.4, -0.2) is 15.6 Å². The number of hydrogen-bond acceptors (Lipinski definition) is 3. The highest BCUT2D eigenvalue weighted by atomic mass is 16.3. The molecule has 23 heavy (non-hydrogen) atoms. The average Bonchev–Trinajstić information content (AvgIpc) is 2.56. The zero-order valence-corrected chi connectivity index (χ0v) is 12.6. The van der Waals surface area contributed by atoms with E-state index in [1.807, 2.05) is 31.2 Å². The van der Waals surface area contributed by atoms with E-state index in [9.17, 15) is 14.7 Å². The fourth-order valence-corrected chi connectivity index (χ4v) is 2.55. The van der Waals surface area contributed by atoms with E-state index in [1.54, 1.807) is 22.8 Å². The first kappa shape index (κ1) is 14.8. The van der Waals surface area contributed by atoms with Crippen LogP contribution in [0.5, 0.6) is 5.75 Å². The number of pyridine rings is 1. The Labute approximate surface area is 132 Å². The number of rotatable bonds is 3. The van der Waals surface area contributed by atoms with Gasteiger partial charge in [-0.25, -0.2) is 0 Å². The highest BCUT2D eigenvalue weighted by Crippen LogP contribution is 2.16. The molecule has 0 aliphatic carbocycles. The van der Waals surface area contributed by atoms with Gasteiger partial charge in [-0.2, -0.15) is 0 Å². The molecule has 5 nitrogen and oxygen atoms in total. The molecule has 0 aliphatic rings. The lowest BCUT2D eigenvalue weighted by Crippen LogP contribution is -2.29. The van der Waals surface area contributed by atoms with Crippen molar-refractivity contribution in [1.29, 1.82) is 0 Å². The van der Waals surface area contributed by atoms with E-state index in [4.69, 9.17) is 0 Å². The molecular formula is C18H16N2O3. The molecular weight excluding hydrogens is 292 g/mol. The molecule has 0 unspecified atom stereocenters. The van der Waals surface area contributed by atoms with E-state index < -0.39 is 5.91 Å². The largest absolute Gasteiger partial charge is 0.508 e. The van der Waals surface area contributed by atoms with Gasteiger partial charge in [0.05, 0.1) is 5.52 Å². The zero-order chi connectivity index (χ0) is 16.4. The van der Waals surface area contributed by atoms with Crippen molar-refractivity contribution in [3.63, 3.8) is 0 Å². The minimum Gasteiger partial charge on any atom is -0.508 e. The number of aryl methyl sites for hydroxylation is 1. The Hall–Kier alpha value is -3.08. The van der Waals surface area contributed by atoms with Crippen LogP contribution < -0.4 is 10.9 Å². The van der Waals surface area contributed by atoms with Gasteiger partial charge in [0, 0.05) is 12.2 Å². The van der Waals surface area contributed by atoms with Gasteiger partial charge >= 0.3 is 0 Å². The summed E-state index contributed by atoms with van der Waals surface area (Å²) in [5.41, 5.74) is 1.10. The predicted molar refractivity (Wildman–Crippen MR) is 89.9 cm³/mol. The first-order valence-corrected chi connectivity index (χ1v) is 7.33. The van der Waals surface area contributed by atoms with Crippen molar-refractivity contribution >= 4 is 22.5 Å². The molecule has 0 fully saturated rings. The second kappa shape index (κ2) is 5.96. The van der Waals surface area contributed by atoms with Crippen LogP contribution in [0.3, 0.4) is 0 Å². The number of aromatic hydroxyl groups is 1. The summed E-state index contributed by atoms with van der Waals surface area (Å²) in [6, 6.07) is 15.2. The van der Waals surface area contributed by atoms with Gasteiger partial charge < -0.3 is 15.0 Å². The molecule has 2 aromatic carbocycles. The number of carbonyl (C=O) groups is 1. The van der Waals surface area contributed by atoms with Crippen molar-refractivity contribution in [3.8, 4) is 5.75 Å². The van der Waals surface area contributed by atoms with Crippen molar-refractivity contribution < 1.29 is 9.90 Å². The number of hydrogen-bond donors (Lipinski definition) is 2. The van der Waals surface area contributed by atoms with Crippen LogP contribution >= 0.6 is 0 Å². The second-order valence-corrected chi connectivity index (χ2v) is 5.17. The molecule has 0 bridgehead atoms. The Balaban J connectivity index is 2.05. The van der Waals surface area contributed by atoms with Crippen molar-refractivity contribution in [2.24, 2.45) is 0 Å². The number of nitrogens with one attached hydrogen (secondary N) is 1. The van der Waals surface area contributed by atoms with E-state index >= 15 is 0 Å². The van der Waals surface area contributed by atoms with Gasteiger partial charge in [0.1, 0.15) is 11.3 Å². The smallest absolute Gasteiger partial charge is 0.263 e. The normalized spacial score (nSPS) is 10.7. The molecule has 2 N–H and O–H groups in total. The van der Waals surface area contributed by atoms with E-state index in [2.05, 4.69) is 5.32 Å². The standard InChI is InChI=1S/C18H16N2O3/c1-2-20-16-6-4-3-5-12(16)11-15(18(20)23)17(22)19-13-7-9-14(21)10-8-13/h3-11,21H,2H2,1H3,(H,19,22). The number of phenols is 1. The molecule has 0 aliphatic heterocycles. The minimum absolute atomic E-state index is 0.0959. The molecule has 1 heterocycles. The van der Waals surface area contributed by atoms with Crippen molar-refractivity contribution in [1.82, 2.24) is 4.57 Å². The summed E-state index contributed by atoms with van der Waals surface area (Å²) in [6.45, 7) is 2.36. The van der Waals surface area contributed by atoms with E-state index in [-0.39, 0.29) is 16.9 Å². The summed E-state index contributed by atoms with van der Waals surface area (Å²) in [4.78, 5) is 25.0. The maximum absolute atomic E-state index is 12.6. The number of anilines is 1. The van der Waals surface area contributed by atoms with Crippen LogP contribution in [0.2, 0.25) is 0 Å². The molecule has 5 heteroatoms. The molecule has 0 saturated heterocycles. The Bertz CT molecular complexity index is 927. The third-order valence-corrected chi connectivity index (χ3v) is 3.69. The Morgan fingerprint density at radius 3 is 2.52 bits per heavy atom. The number of carbonyl (C=O) groups excluding carboxylic acids is 1. The quantitative estimate of drug-likeness (QED) is 0.731. The summed E-state index contributed by atoms with van der Waals surface area (Å²) in [7, 11) is 0. The second-order valence-electron chi connectivity index (χ2n) is 5.17. The van der Waals surface area contributed by atoms with E-state index in [0.29, 0.717) is 12.2 Å². The van der Waals surface area contributed by atoms with Gasteiger partial charge in [-0.1, -0.05) is 18.2 Å². The highest BCUT2D eigenvalue weighted by Gasteiger charge is 2.15. The average molecular weight is 308 g/mol. The molecule has 0 spiro atoms. The van der Waals surface area contributed by atoms with Crippen molar-refractivity contribution in [2.75, 3.05) is 5.32 Å². The van der Waals surface area contributed by atoms with E-state index in [1.165, 1.54) is 12.1 Å². The monoisotopic (exact) mass is 308 g/mol. The number of fused-ring (bicyclic) bond motifs is 1. The van der Waals surface area contributed by atoms with Crippen LogP contribution in [0.25, 0.3) is 10.9 Å². The fraction of sp³-hybridized carbons (Fsp3) is 0.111. The molecule has 1 amide bonds. The maximum atomic E-state index is 12.6. The van der Waals surface area contributed by atoms with Crippen LogP contribution in [-0.2, 0) is 6.54 Å². The van der Waals surface area contributed by atoms with Gasteiger partial charge in [0.25, 0.3) is 11.5 Å². The van der Waals surface area contributed by atoms with Crippen LogP contribution in [0, 0.1) is 0 Å². The third-order valence-electron chi connectivity index (χ3n) is 3.69. The number of para-hydroxylation sites is 1. The maximum Gasteiger partial charge on any atom is 0.263 e. The van der Waals surface area contributed by atoms with Gasteiger partial charge in [-0.15, -0.1) is 0 Å². The van der Waals surface area contributed by atoms with E-state index in [0.717, 1.165) is 10.9 Å². The molecule has 0 radical (unpaired) electrons. The molecule has 116 valence electrons. The summed E-state index contributed by atoms with van der Waals surface area (Å²) >= 11 is 0. The third kappa shape index (κ3) is 2.81. The lowest BCUT2D eigenvalue weighted by molar-refractivity contribution is 0.102. The Kier molecular flexibility index (Phi) is 3.85. The van der Waals surface area contributed by atoms with Crippen molar-refractivity contribution in [3.05, 3.63) is 70.5 Å². The first-order valence-electron chi connectivity index (χ1n) is 7.33. The summed E-state index contributed by atoms with van der Waals surface area (Å²) in [5.74, 6) is -0.351. The SMILES string of the molecule is CCn1c(=O)c(C(=O)Nc2ccc(O)cc2)cc2ccccc21. The lowest BCUT2D eigenvalue weighted by Gasteiger charge is -2.11.